The number of nitrogens with zero attached hydrogens (tertiary/aromatic N) is 3. The summed E-state index contributed by atoms with van der Waals surface area (Å²) in [5.41, 5.74) is 2.18. The predicted molar refractivity (Wildman–Crippen MR) is 120 cm³/mol. The smallest absolute Gasteiger partial charge is 0.294 e. The molecule has 0 radical (unpaired) electrons. The second kappa shape index (κ2) is 8.61. The van der Waals surface area contributed by atoms with Gasteiger partial charge in [0.05, 0.1) is 4.92 Å². The third-order valence-corrected chi connectivity index (χ3v) is 6.04. The van der Waals surface area contributed by atoms with E-state index in [1.54, 1.807) is 35.2 Å². The summed E-state index contributed by atoms with van der Waals surface area (Å²) >= 11 is 12.1. The summed E-state index contributed by atoms with van der Waals surface area (Å²) in [5, 5.41) is 12.3. The SMILES string of the molecule is Cc1c(Cl)cccc1-c1ccc(C(=O)N2CCN(c3ccc(Cl)cc3[N+](=O)[O-])CC2)o1. The Balaban J connectivity index is 1.47. The lowest BCUT2D eigenvalue weighted by Crippen LogP contribution is -2.48. The summed E-state index contributed by atoms with van der Waals surface area (Å²) in [6, 6.07) is 13.6. The second-order valence-corrected chi connectivity index (χ2v) is 8.09. The minimum atomic E-state index is -0.444. The maximum absolute atomic E-state index is 12.9. The number of nitro benzene ring substituents is 1. The molecule has 1 aliphatic rings. The standard InChI is InChI=1S/C22H19Cl2N3O4/c1-14-16(3-2-4-17(14)24)20-7-8-21(31-20)22(28)26-11-9-25(10-12-26)18-6-5-15(23)13-19(18)27(29)30/h2-8,13H,9-12H2,1H3. The third-order valence-electron chi connectivity index (χ3n) is 5.39. The average Bonchev–Trinajstić information content (AvgIpc) is 3.25. The van der Waals surface area contributed by atoms with Crippen LogP contribution in [0.15, 0.2) is 52.9 Å². The van der Waals surface area contributed by atoms with Crippen LogP contribution in [-0.4, -0.2) is 41.9 Å². The number of carbonyl (C=O) groups excluding carboxylic acids is 1. The van der Waals surface area contributed by atoms with Gasteiger partial charge in [0.25, 0.3) is 11.6 Å². The Kier molecular flexibility index (Phi) is 5.89. The molecular formula is C22H19Cl2N3O4. The van der Waals surface area contributed by atoms with E-state index >= 15 is 0 Å². The first-order valence-corrected chi connectivity index (χ1v) is 10.4. The van der Waals surface area contributed by atoms with E-state index < -0.39 is 4.92 Å². The summed E-state index contributed by atoms with van der Waals surface area (Å²) in [6.07, 6.45) is 0. The Morgan fingerprint density at radius 2 is 1.81 bits per heavy atom. The summed E-state index contributed by atoms with van der Waals surface area (Å²) in [4.78, 5) is 27.4. The van der Waals surface area contributed by atoms with E-state index in [0.717, 1.165) is 11.1 Å². The van der Waals surface area contributed by atoms with Crippen LogP contribution in [0, 0.1) is 17.0 Å². The normalized spacial score (nSPS) is 14.0. The molecule has 1 aromatic heterocycles. The van der Waals surface area contributed by atoms with Crippen molar-refractivity contribution in [2.24, 2.45) is 0 Å². The molecule has 0 spiro atoms. The van der Waals surface area contributed by atoms with Crippen molar-refractivity contribution in [1.29, 1.82) is 0 Å². The zero-order valence-corrected chi connectivity index (χ0v) is 18.2. The maximum Gasteiger partial charge on any atom is 0.294 e. The van der Waals surface area contributed by atoms with Gasteiger partial charge < -0.3 is 14.2 Å². The largest absolute Gasteiger partial charge is 0.451 e. The summed E-state index contributed by atoms with van der Waals surface area (Å²) in [5.74, 6) is 0.621. The first-order valence-electron chi connectivity index (χ1n) is 9.68. The minimum Gasteiger partial charge on any atom is -0.451 e. The number of anilines is 1. The van der Waals surface area contributed by atoms with Crippen LogP contribution in [0.1, 0.15) is 16.1 Å². The second-order valence-electron chi connectivity index (χ2n) is 7.25. The highest BCUT2D eigenvalue weighted by Crippen LogP contribution is 2.32. The van der Waals surface area contributed by atoms with Crippen molar-refractivity contribution in [3.8, 4) is 11.3 Å². The number of rotatable bonds is 4. The van der Waals surface area contributed by atoms with Gasteiger partial charge in [0, 0.05) is 47.9 Å². The Morgan fingerprint density at radius 3 is 2.52 bits per heavy atom. The summed E-state index contributed by atoms with van der Waals surface area (Å²) in [7, 11) is 0. The number of amides is 1. The summed E-state index contributed by atoms with van der Waals surface area (Å²) < 4.78 is 5.83. The van der Waals surface area contributed by atoms with E-state index in [1.165, 1.54) is 6.07 Å². The molecule has 31 heavy (non-hydrogen) atoms. The van der Waals surface area contributed by atoms with Crippen LogP contribution >= 0.6 is 23.2 Å². The van der Waals surface area contributed by atoms with E-state index in [0.29, 0.717) is 47.7 Å². The molecule has 3 aromatic rings. The Bertz CT molecular complexity index is 1150. The molecule has 9 heteroatoms. The molecule has 2 aromatic carbocycles. The van der Waals surface area contributed by atoms with Crippen LogP contribution < -0.4 is 4.90 Å². The Labute approximate surface area is 188 Å². The minimum absolute atomic E-state index is 0.0418. The molecule has 1 aliphatic heterocycles. The van der Waals surface area contributed by atoms with Crippen LogP contribution in [0.5, 0.6) is 0 Å². The number of halogens is 2. The van der Waals surface area contributed by atoms with Crippen LogP contribution in [0.25, 0.3) is 11.3 Å². The predicted octanol–water partition coefficient (Wildman–Crippen LogP) is 5.43. The fourth-order valence-electron chi connectivity index (χ4n) is 3.69. The molecule has 0 saturated carbocycles. The maximum atomic E-state index is 12.9. The van der Waals surface area contributed by atoms with Gasteiger partial charge in [0.1, 0.15) is 11.4 Å². The molecule has 1 fully saturated rings. The number of benzene rings is 2. The molecule has 7 nitrogen and oxygen atoms in total. The van der Waals surface area contributed by atoms with Crippen molar-refractivity contribution in [1.82, 2.24) is 4.90 Å². The molecule has 0 bridgehead atoms. The van der Waals surface area contributed by atoms with E-state index in [4.69, 9.17) is 27.6 Å². The van der Waals surface area contributed by atoms with Gasteiger partial charge in [-0.05, 0) is 42.8 Å². The number of hydrogen-bond donors (Lipinski definition) is 0. The van der Waals surface area contributed by atoms with Crippen molar-refractivity contribution < 1.29 is 14.1 Å². The highest BCUT2D eigenvalue weighted by atomic mass is 35.5. The van der Waals surface area contributed by atoms with Gasteiger partial charge >= 0.3 is 0 Å². The number of piperazine rings is 1. The Hall–Kier alpha value is -3.03. The van der Waals surface area contributed by atoms with Crippen molar-refractivity contribution in [3.05, 3.63) is 80.0 Å². The van der Waals surface area contributed by atoms with Crippen molar-refractivity contribution in [2.45, 2.75) is 6.92 Å². The van der Waals surface area contributed by atoms with Gasteiger partial charge in [-0.1, -0.05) is 35.3 Å². The third kappa shape index (κ3) is 4.24. The van der Waals surface area contributed by atoms with E-state index in [2.05, 4.69) is 0 Å². The van der Waals surface area contributed by atoms with Crippen LogP contribution in [0.4, 0.5) is 11.4 Å². The fraction of sp³-hybridized carbons (Fsp3) is 0.227. The lowest BCUT2D eigenvalue weighted by Gasteiger charge is -2.35. The highest BCUT2D eigenvalue weighted by Gasteiger charge is 2.28. The molecule has 0 N–H and O–H groups in total. The first kappa shape index (κ1) is 21.2. The van der Waals surface area contributed by atoms with Gasteiger partial charge in [-0.15, -0.1) is 0 Å². The van der Waals surface area contributed by atoms with Crippen molar-refractivity contribution in [2.75, 3.05) is 31.1 Å². The van der Waals surface area contributed by atoms with Crippen LogP contribution in [0.2, 0.25) is 10.0 Å². The molecule has 4 rings (SSSR count). The number of nitro groups is 1. The van der Waals surface area contributed by atoms with Gasteiger partial charge in [0.15, 0.2) is 5.76 Å². The molecule has 2 heterocycles. The lowest BCUT2D eigenvalue weighted by atomic mass is 10.1. The number of furan rings is 1. The highest BCUT2D eigenvalue weighted by molar-refractivity contribution is 6.31. The molecule has 1 saturated heterocycles. The molecule has 160 valence electrons. The van der Waals surface area contributed by atoms with Crippen LogP contribution in [-0.2, 0) is 0 Å². The van der Waals surface area contributed by atoms with E-state index in [-0.39, 0.29) is 17.4 Å². The van der Waals surface area contributed by atoms with Gasteiger partial charge in [-0.2, -0.15) is 0 Å². The fourth-order valence-corrected chi connectivity index (χ4v) is 4.03. The molecule has 0 atom stereocenters. The van der Waals surface area contributed by atoms with E-state index in [9.17, 15) is 14.9 Å². The molecule has 0 unspecified atom stereocenters. The number of hydrogen-bond acceptors (Lipinski definition) is 5. The monoisotopic (exact) mass is 459 g/mol. The van der Waals surface area contributed by atoms with Gasteiger partial charge in [-0.3, -0.25) is 14.9 Å². The first-order chi connectivity index (χ1) is 14.8. The van der Waals surface area contributed by atoms with Crippen LogP contribution in [0.3, 0.4) is 0 Å². The lowest BCUT2D eigenvalue weighted by molar-refractivity contribution is -0.384. The molecule has 1 amide bonds. The topological polar surface area (TPSA) is 79.8 Å². The van der Waals surface area contributed by atoms with Gasteiger partial charge in [-0.25, -0.2) is 0 Å². The van der Waals surface area contributed by atoms with E-state index in [1.807, 2.05) is 24.0 Å². The van der Waals surface area contributed by atoms with Gasteiger partial charge in [0.2, 0.25) is 0 Å². The Morgan fingerprint density at radius 1 is 1.06 bits per heavy atom. The van der Waals surface area contributed by atoms with Crippen molar-refractivity contribution >= 4 is 40.5 Å². The molecule has 0 aliphatic carbocycles. The zero-order valence-electron chi connectivity index (χ0n) is 16.7. The summed E-state index contributed by atoms with van der Waals surface area (Å²) in [6.45, 7) is 3.68. The number of carbonyl (C=O) groups is 1. The quantitative estimate of drug-likeness (QED) is 0.383. The molecular weight excluding hydrogens is 441 g/mol. The average molecular weight is 460 g/mol. The zero-order chi connectivity index (χ0) is 22.1. The van der Waals surface area contributed by atoms with Crippen molar-refractivity contribution in [3.63, 3.8) is 0 Å².